The molecule has 0 radical (unpaired) electrons. The van der Waals surface area contributed by atoms with Gasteiger partial charge in [0.05, 0.1) is 31.7 Å². The monoisotopic (exact) mass is 554 g/mol. The summed E-state index contributed by atoms with van der Waals surface area (Å²) in [6.07, 6.45) is -2.92. The molecule has 11 nitrogen and oxygen atoms in total. The molecule has 4 aromatic rings. The summed E-state index contributed by atoms with van der Waals surface area (Å²) in [7, 11) is 3.10. The minimum atomic E-state index is -4.50. The van der Waals surface area contributed by atoms with Crippen LogP contribution in [-0.2, 0) is 6.18 Å². The van der Waals surface area contributed by atoms with E-state index >= 15 is 0 Å². The minimum absolute atomic E-state index is 0.0281. The van der Waals surface area contributed by atoms with E-state index in [1.54, 1.807) is 32.5 Å². The number of alkyl halides is 3. The Morgan fingerprint density at radius 1 is 0.975 bits per heavy atom. The molecule has 1 fully saturated rings. The molecule has 0 spiro atoms. The molecule has 14 heteroatoms. The summed E-state index contributed by atoms with van der Waals surface area (Å²) < 4.78 is 49.8. The summed E-state index contributed by atoms with van der Waals surface area (Å²) in [6, 6.07) is 9.40. The second-order valence-electron chi connectivity index (χ2n) is 8.89. The summed E-state index contributed by atoms with van der Waals surface area (Å²) in [5.74, 6) is 1.61. The lowest BCUT2D eigenvalue weighted by atomic mass is 10.1. The van der Waals surface area contributed by atoms with Crippen molar-refractivity contribution in [1.29, 1.82) is 0 Å². The molecule has 40 heavy (non-hydrogen) atoms. The third-order valence-corrected chi connectivity index (χ3v) is 6.39. The normalized spacial score (nSPS) is 13.8. The zero-order chi connectivity index (χ0) is 28.4. The van der Waals surface area contributed by atoms with Crippen molar-refractivity contribution in [1.82, 2.24) is 24.8 Å². The van der Waals surface area contributed by atoms with Crippen molar-refractivity contribution in [3.63, 3.8) is 0 Å². The average molecular weight is 555 g/mol. The van der Waals surface area contributed by atoms with Crippen LogP contribution in [0.4, 0.5) is 35.4 Å². The average Bonchev–Trinajstić information content (AvgIpc) is 2.96. The first-order chi connectivity index (χ1) is 19.2. The Bertz CT molecular complexity index is 1560. The zero-order valence-corrected chi connectivity index (χ0v) is 21.6. The van der Waals surface area contributed by atoms with Gasteiger partial charge in [-0.2, -0.15) is 23.1 Å². The van der Waals surface area contributed by atoms with Crippen LogP contribution in [0.5, 0.6) is 11.5 Å². The Balaban J connectivity index is 1.35. The van der Waals surface area contributed by atoms with Crippen molar-refractivity contribution in [3.05, 3.63) is 54.2 Å². The summed E-state index contributed by atoms with van der Waals surface area (Å²) >= 11 is 0. The van der Waals surface area contributed by atoms with Crippen molar-refractivity contribution >= 4 is 34.6 Å². The highest BCUT2D eigenvalue weighted by molar-refractivity contribution is 5.90. The smallest absolute Gasteiger partial charge is 0.416 e. The van der Waals surface area contributed by atoms with E-state index in [1.807, 2.05) is 11.0 Å². The molecule has 0 bridgehead atoms. The van der Waals surface area contributed by atoms with Crippen LogP contribution < -0.4 is 25.4 Å². The maximum Gasteiger partial charge on any atom is 0.416 e. The number of hydrogen-bond donors (Lipinski definition) is 2. The lowest BCUT2D eigenvalue weighted by Crippen LogP contribution is -2.50. The second kappa shape index (κ2) is 10.7. The van der Waals surface area contributed by atoms with Gasteiger partial charge in [-0.25, -0.2) is 14.8 Å². The summed E-state index contributed by atoms with van der Waals surface area (Å²) in [5.41, 5.74) is 7.23. The Kier molecular flexibility index (Phi) is 7.15. The van der Waals surface area contributed by atoms with Crippen LogP contribution in [0.25, 0.3) is 22.4 Å². The molecule has 1 aliphatic heterocycles. The van der Waals surface area contributed by atoms with Crippen LogP contribution in [0, 0.1) is 0 Å². The lowest BCUT2D eigenvalue weighted by molar-refractivity contribution is -0.137. The standard InChI is InChI=1S/C26H25F3N8O3/c1-39-19-7-6-15(12-20(19)40-2)18-14-31-22-21(33-18)23(35-24(30)34-22)36-8-10-37(11-9-36)25(38)32-17-5-3-4-16(13-17)26(27,28)29/h3-7,12-14H,8-11H2,1-2H3,(H,32,38)(H2,30,31,34,35). The Morgan fingerprint density at radius 3 is 2.42 bits per heavy atom. The van der Waals surface area contributed by atoms with Crippen LogP contribution in [0.15, 0.2) is 48.7 Å². The number of nitrogens with two attached hydrogens (primary N) is 1. The third-order valence-electron chi connectivity index (χ3n) is 6.39. The number of nitrogen functional groups attached to an aromatic ring is 1. The number of benzene rings is 2. The molecule has 3 heterocycles. The SMILES string of the molecule is COc1ccc(-c2cnc3nc(N)nc(N4CCN(C(=O)Nc5cccc(C(F)(F)F)c5)CC4)c3n2)cc1OC. The van der Waals surface area contributed by atoms with Crippen molar-refractivity contribution in [2.45, 2.75) is 6.18 Å². The van der Waals surface area contributed by atoms with E-state index in [1.165, 1.54) is 17.0 Å². The quantitative estimate of drug-likeness (QED) is 0.375. The number of aromatic nitrogens is 4. The maximum atomic E-state index is 13.0. The molecule has 1 aliphatic rings. The molecule has 0 unspecified atom stereocenters. The maximum absolute atomic E-state index is 13.0. The van der Waals surface area contributed by atoms with Crippen LogP contribution in [0.2, 0.25) is 0 Å². The van der Waals surface area contributed by atoms with Gasteiger partial charge in [0.1, 0.15) is 0 Å². The first kappa shape index (κ1) is 26.7. The van der Waals surface area contributed by atoms with Gasteiger partial charge in [0.2, 0.25) is 5.95 Å². The van der Waals surface area contributed by atoms with Crippen LogP contribution in [0.1, 0.15) is 5.56 Å². The van der Waals surface area contributed by atoms with Crippen molar-refractivity contribution in [2.75, 3.05) is 56.3 Å². The van der Waals surface area contributed by atoms with Gasteiger partial charge < -0.3 is 30.3 Å². The Hall–Kier alpha value is -4.88. The third kappa shape index (κ3) is 5.46. The van der Waals surface area contributed by atoms with Crippen LogP contribution in [0.3, 0.4) is 0 Å². The predicted molar refractivity (Wildman–Crippen MR) is 142 cm³/mol. The van der Waals surface area contributed by atoms with E-state index in [4.69, 9.17) is 20.2 Å². The largest absolute Gasteiger partial charge is 0.493 e. The van der Waals surface area contributed by atoms with E-state index in [0.717, 1.165) is 17.7 Å². The number of rotatable bonds is 5. The van der Waals surface area contributed by atoms with Gasteiger partial charge in [-0.3, -0.25) is 0 Å². The van der Waals surface area contributed by atoms with Gasteiger partial charge >= 0.3 is 12.2 Å². The van der Waals surface area contributed by atoms with E-state index in [2.05, 4.69) is 20.3 Å². The number of nitrogens with one attached hydrogen (secondary N) is 1. The van der Waals surface area contributed by atoms with Gasteiger partial charge in [0, 0.05) is 37.4 Å². The summed E-state index contributed by atoms with van der Waals surface area (Å²) in [5, 5.41) is 2.54. The van der Waals surface area contributed by atoms with Crippen molar-refractivity contribution < 1.29 is 27.4 Å². The number of methoxy groups -OCH3 is 2. The highest BCUT2D eigenvalue weighted by atomic mass is 19.4. The number of anilines is 3. The topological polar surface area (TPSA) is 132 Å². The minimum Gasteiger partial charge on any atom is -0.493 e. The highest BCUT2D eigenvalue weighted by Crippen LogP contribution is 2.33. The molecule has 0 aliphatic carbocycles. The number of halogens is 3. The number of nitrogens with zero attached hydrogens (tertiary/aromatic N) is 6. The second-order valence-corrected chi connectivity index (χ2v) is 8.89. The van der Waals surface area contributed by atoms with Crippen molar-refractivity contribution in [2.24, 2.45) is 0 Å². The molecule has 1 saturated heterocycles. The number of fused-ring (bicyclic) bond motifs is 1. The molecule has 0 atom stereocenters. The van der Waals surface area contributed by atoms with Gasteiger partial charge in [-0.1, -0.05) is 6.07 Å². The molecule has 2 aromatic heterocycles. The number of carbonyl (C=O) groups excluding carboxylic acids is 1. The Labute approximate surface area is 226 Å². The zero-order valence-electron chi connectivity index (χ0n) is 21.6. The molecule has 2 amide bonds. The molecule has 208 valence electrons. The Morgan fingerprint density at radius 2 is 1.73 bits per heavy atom. The van der Waals surface area contributed by atoms with Gasteiger partial charge in [-0.05, 0) is 36.4 Å². The molecule has 3 N–H and O–H groups in total. The number of piperazine rings is 1. The molecule has 5 rings (SSSR count). The first-order valence-electron chi connectivity index (χ1n) is 12.2. The number of amides is 2. The number of urea groups is 1. The molecular weight excluding hydrogens is 529 g/mol. The van der Waals surface area contributed by atoms with Crippen molar-refractivity contribution in [3.8, 4) is 22.8 Å². The molecule has 0 saturated carbocycles. The number of hydrogen-bond acceptors (Lipinski definition) is 9. The summed E-state index contributed by atoms with van der Waals surface area (Å²) in [4.78, 5) is 34.0. The summed E-state index contributed by atoms with van der Waals surface area (Å²) in [6.45, 7) is 1.34. The highest BCUT2D eigenvalue weighted by Gasteiger charge is 2.31. The van der Waals surface area contributed by atoms with Gasteiger partial charge in [0.25, 0.3) is 0 Å². The molecular formula is C26H25F3N8O3. The molecule has 2 aromatic carbocycles. The fourth-order valence-corrected chi connectivity index (χ4v) is 4.36. The predicted octanol–water partition coefficient (Wildman–Crippen LogP) is 4.06. The van der Waals surface area contributed by atoms with E-state index < -0.39 is 17.8 Å². The van der Waals surface area contributed by atoms with Crippen LogP contribution >= 0.6 is 0 Å². The van der Waals surface area contributed by atoms with E-state index in [9.17, 15) is 18.0 Å². The van der Waals surface area contributed by atoms with E-state index in [-0.39, 0.29) is 11.6 Å². The van der Waals surface area contributed by atoms with Crippen LogP contribution in [-0.4, -0.2) is 71.3 Å². The fourth-order valence-electron chi connectivity index (χ4n) is 4.36. The van der Waals surface area contributed by atoms with E-state index in [0.29, 0.717) is 60.4 Å². The fraction of sp³-hybridized carbons (Fsp3) is 0.269. The number of carbonyl (C=O) groups is 1. The number of ether oxygens (including phenoxy) is 2. The first-order valence-corrected chi connectivity index (χ1v) is 12.2. The lowest BCUT2D eigenvalue weighted by Gasteiger charge is -2.35. The van der Waals surface area contributed by atoms with Gasteiger partial charge in [-0.15, -0.1) is 0 Å². The van der Waals surface area contributed by atoms with Gasteiger partial charge in [0.15, 0.2) is 28.5 Å².